The molecule has 0 aliphatic carbocycles. The normalized spacial score (nSPS) is 19.8. The lowest BCUT2D eigenvalue weighted by atomic mass is 10.00. The molecule has 0 bridgehead atoms. The number of hydrogen-bond donors (Lipinski definition) is 4. The molecule has 1 aliphatic heterocycles. The van der Waals surface area contributed by atoms with Crippen molar-refractivity contribution in [2.45, 2.75) is 243 Å². The molecule has 0 radical (unpaired) electrons. The second kappa shape index (κ2) is 44.1. The van der Waals surface area contributed by atoms with Gasteiger partial charge in [-0.3, -0.25) is 14.1 Å². The number of rotatable bonds is 44. The molecule has 1 heterocycles. The third-order valence-electron chi connectivity index (χ3n) is 11.8. The van der Waals surface area contributed by atoms with Crippen molar-refractivity contribution >= 4 is 22.1 Å². The second-order valence-corrected chi connectivity index (χ2v) is 19.7. The summed E-state index contributed by atoms with van der Waals surface area (Å²) in [6.07, 6.45) is 48.0. The largest absolute Gasteiger partial charge is 0.462 e. The van der Waals surface area contributed by atoms with Crippen LogP contribution in [-0.2, 0) is 38.7 Å². The highest BCUT2D eigenvalue weighted by Gasteiger charge is 2.46. The Kier molecular flexibility index (Phi) is 40.9. The zero-order valence-corrected chi connectivity index (χ0v) is 43.0. The average molecular weight is 979 g/mol. The fraction of sp³-hybridized carbons (Fsp3) is 0.745. The van der Waals surface area contributed by atoms with E-state index in [9.17, 15) is 37.9 Å². The van der Waals surface area contributed by atoms with E-state index in [2.05, 4.69) is 74.6 Å². The Balaban J connectivity index is 2.42. The first-order valence-electron chi connectivity index (χ1n) is 26.5. The van der Waals surface area contributed by atoms with Crippen molar-refractivity contribution < 1.29 is 56.8 Å². The zero-order chi connectivity index (χ0) is 49.8. The van der Waals surface area contributed by atoms with Crippen molar-refractivity contribution in [1.82, 2.24) is 0 Å². The number of hydrogen-bond acceptors (Lipinski definition) is 11. The zero-order valence-electron chi connectivity index (χ0n) is 42.2. The van der Waals surface area contributed by atoms with E-state index in [1.54, 1.807) is 0 Å². The molecule has 68 heavy (non-hydrogen) atoms. The summed E-state index contributed by atoms with van der Waals surface area (Å²) >= 11 is 0. The van der Waals surface area contributed by atoms with Crippen LogP contribution in [0.5, 0.6) is 0 Å². The van der Waals surface area contributed by atoms with E-state index in [1.807, 2.05) is 12.2 Å². The average Bonchev–Trinajstić information content (AvgIpc) is 3.31. The number of allylic oxidation sites excluding steroid dienone is 12. The summed E-state index contributed by atoms with van der Waals surface area (Å²) in [6, 6.07) is 0. The standard InChI is InChI=1S/C55H94O12S/c1-3-5-7-9-11-13-15-17-19-21-23-24-26-28-30-32-34-36-38-40-42-44-51(57)66-48(46-65-55-54(60)53(59)52(58)49(67-55)47-68(61,62)63)45-64-50(56)43-41-39-37-35-33-31-29-27-25-22-20-18-16-14-12-10-8-6-4-2/h12,14,18-21,24,26,30,32,36,38,48-49,52-55,58-60H,3-11,13,15-17,22-23,25,27-29,31,33-35,37,39-47H2,1-2H3,(H,61,62,63)/b14-12+,20-18+,21-19+,26-24+,32-30+,38-36+/t48-,49-,52-,53?,54?,55+/m1/s1. The fourth-order valence-electron chi connectivity index (χ4n) is 7.64. The summed E-state index contributed by atoms with van der Waals surface area (Å²) < 4.78 is 54.2. The summed E-state index contributed by atoms with van der Waals surface area (Å²) in [5.41, 5.74) is 0. The molecule has 2 unspecified atom stereocenters. The van der Waals surface area contributed by atoms with Gasteiger partial charge in [0.2, 0.25) is 0 Å². The molecule has 0 amide bonds. The minimum absolute atomic E-state index is 0.0848. The molecule has 1 aliphatic rings. The molecule has 1 saturated heterocycles. The van der Waals surface area contributed by atoms with Gasteiger partial charge in [0.15, 0.2) is 12.4 Å². The van der Waals surface area contributed by atoms with Gasteiger partial charge in [0.05, 0.1) is 6.61 Å². The van der Waals surface area contributed by atoms with E-state index in [1.165, 1.54) is 103 Å². The molecule has 13 heteroatoms. The van der Waals surface area contributed by atoms with Crippen LogP contribution in [0.4, 0.5) is 0 Å². The number of ether oxygens (including phenoxy) is 4. The Labute approximate surface area is 412 Å². The smallest absolute Gasteiger partial charge is 0.306 e. The van der Waals surface area contributed by atoms with Gasteiger partial charge in [0.25, 0.3) is 10.1 Å². The summed E-state index contributed by atoms with van der Waals surface area (Å²) in [4.78, 5) is 25.5. The number of esters is 2. The maximum Gasteiger partial charge on any atom is 0.306 e. The second-order valence-electron chi connectivity index (χ2n) is 18.2. The molecule has 0 saturated carbocycles. The molecular formula is C55H94O12S. The molecule has 12 nitrogen and oxygen atoms in total. The van der Waals surface area contributed by atoms with Gasteiger partial charge in [-0.05, 0) is 83.5 Å². The van der Waals surface area contributed by atoms with Crippen LogP contribution < -0.4 is 0 Å². The lowest BCUT2D eigenvalue weighted by molar-refractivity contribution is -0.297. The molecule has 0 aromatic carbocycles. The molecule has 0 spiro atoms. The Bertz CT molecular complexity index is 1520. The Hall–Kier alpha value is -2.91. The van der Waals surface area contributed by atoms with Crippen LogP contribution in [0.2, 0.25) is 0 Å². The predicted octanol–water partition coefficient (Wildman–Crippen LogP) is 12.2. The summed E-state index contributed by atoms with van der Waals surface area (Å²) in [6.45, 7) is 3.70. The first kappa shape index (κ1) is 63.1. The Morgan fingerprint density at radius 2 is 0.897 bits per heavy atom. The summed E-state index contributed by atoms with van der Waals surface area (Å²) in [5.74, 6) is -2.07. The topological polar surface area (TPSA) is 186 Å². The van der Waals surface area contributed by atoms with Crippen LogP contribution in [0.25, 0.3) is 0 Å². The summed E-state index contributed by atoms with van der Waals surface area (Å²) in [7, 11) is -4.62. The number of carbonyl (C=O) groups excluding carboxylic acids is 2. The molecule has 1 rings (SSSR count). The monoisotopic (exact) mass is 979 g/mol. The molecule has 0 aromatic rings. The van der Waals surface area contributed by atoms with E-state index in [-0.39, 0.29) is 19.4 Å². The molecule has 4 N–H and O–H groups in total. The van der Waals surface area contributed by atoms with Crippen LogP contribution >= 0.6 is 0 Å². The number of aliphatic hydroxyl groups is 3. The highest BCUT2D eigenvalue weighted by molar-refractivity contribution is 7.85. The van der Waals surface area contributed by atoms with E-state index >= 15 is 0 Å². The van der Waals surface area contributed by atoms with E-state index < -0.39 is 71.2 Å². The Morgan fingerprint density at radius 3 is 1.38 bits per heavy atom. The minimum Gasteiger partial charge on any atom is -0.462 e. The highest BCUT2D eigenvalue weighted by atomic mass is 32.2. The molecule has 1 fully saturated rings. The van der Waals surface area contributed by atoms with Gasteiger partial charge in [-0.25, -0.2) is 0 Å². The predicted molar refractivity (Wildman–Crippen MR) is 275 cm³/mol. The number of aliphatic hydroxyl groups excluding tert-OH is 3. The lowest BCUT2D eigenvalue weighted by Gasteiger charge is -2.40. The van der Waals surface area contributed by atoms with Crippen molar-refractivity contribution in [2.75, 3.05) is 19.0 Å². The lowest BCUT2D eigenvalue weighted by Crippen LogP contribution is -2.60. The molecule has 0 aromatic heterocycles. The molecule has 392 valence electrons. The SMILES string of the molecule is CCCCC/C=C/C/C=C/CCCCCCCCCCCC(=O)OC[C@H](CO[C@H]1O[C@H](CS(=O)(=O)O)[C@@H](O)C(O)C1O)OC(=O)CCC/C=C/C/C=C/C/C=C/C/C=C/CCCCCCCCC. The molecular weight excluding hydrogens is 885 g/mol. The maximum absolute atomic E-state index is 12.9. The van der Waals surface area contributed by atoms with Gasteiger partial charge >= 0.3 is 11.9 Å². The van der Waals surface area contributed by atoms with Crippen LogP contribution in [-0.4, -0.2) is 96.0 Å². The van der Waals surface area contributed by atoms with Crippen LogP contribution in [0.15, 0.2) is 72.9 Å². The Morgan fingerprint density at radius 1 is 0.500 bits per heavy atom. The van der Waals surface area contributed by atoms with Gasteiger partial charge < -0.3 is 34.3 Å². The third kappa shape index (κ3) is 37.9. The van der Waals surface area contributed by atoms with Crippen molar-refractivity contribution in [2.24, 2.45) is 0 Å². The highest BCUT2D eigenvalue weighted by Crippen LogP contribution is 2.24. The van der Waals surface area contributed by atoms with E-state index in [0.29, 0.717) is 19.3 Å². The van der Waals surface area contributed by atoms with Gasteiger partial charge in [0, 0.05) is 12.8 Å². The van der Waals surface area contributed by atoms with E-state index in [4.69, 9.17) is 18.9 Å². The van der Waals surface area contributed by atoms with Crippen LogP contribution in [0.1, 0.15) is 206 Å². The maximum atomic E-state index is 12.9. The van der Waals surface area contributed by atoms with Gasteiger partial charge in [0.1, 0.15) is 36.8 Å². The first-order chi connectivity index (χ1) is 33.0. The van der Waals surface area contributed by atoms with E-state index in [0.717, 1.165) is 57.8 Å². The van der Waals surface area contributed by atoms with Crippen molar-refractivity contribution in [3.8, 4) is 0 Å². The van der Waals surface area contributed by atoms with Gasteiger partial charge in [-0.2, -0.15) is 8.42 Å². The van der Waals surface area contributed by atoms with Crippen LogP contribution in [0, 0.1) is 0 Å². The van der Waals surface area contributed by atoms with Crippen molar-refractivity contribution in [1.29, 1.82) is 0 Å². The quantitative estimate of drug-likeness (QED) is 0.0196. The van der Waals surface area contributed by atoms with Gasteiger partial charge in [-0.15, -0.1) is 0 Å². The third-order valence-corrected chi connectivity index (χ3v) is 12.5. The minimum atomic E-state index is -4.62. The van der Waals surface area contributed by atoms with Crippen molar-refractivity contribution in [3.05, 3.63) is 72.9 Å². The van der Waals surface area contributed by atoms with Crippen LogP contribution in [0.3, 0.4) is 0 Å². The summed E-state index contributed by atoms with van der Waals surface area (Å²) in [5, 5.41) is 31.0. The van der Waals surface area contributed by atoms with Crippen molar-refractivity contribution in [3.63, 3.8) is 0 Å². The molecule has 6 atom stereocenters. The van der Waals surface area contributed by atoms with Gasteiger partial charge in [-0.1, -0.05) is 183 Å². The fourth-order valence-corrected chi connectivity index (χ4v) is 8.33. The number of carbonyl (C=O) groups is 2. The first-order valence-corrected chi connectivity index (χ1v) is 28.1. The number of unbranched alkanes of at least 4 members (excludes halogenated alkanes) is 20.